The molecule has 0 saturated carbocycles. The second-order valence-corrected chi connectivity index (χ2v) is 7.10. The Hall–Kier alpha value is -2.67. The zero-order chi connectivity index (χ0) is 19.2. The standard InChI is InChI=1S/C20H26N6S/c1-15-6-8-18(9-7-15)14-26-17(3)19(16(2)24-26)23-20(27)21-10-4-12-25-13-5-11-22-25/h5-9,11,13H,4,10,12,14H2,1-3H3,(H2,21,23,27). The third kappa shape index (κ3) is 5.17. The molecule has 6 nitrogen and oxygen atoms in total. The molecule has 2 N–H and O–H groups in total. The molecule has 0 aliphatic carbocycles. The molecule has 0 atom stereocenters. The monoisotopic (exact) mass is 382 g/mol. The maximum Gasteiger partial charge on any atom is 0.170 e. The van der Waals surface area contributed by atoms with Crippen molar-refractivity contribution in [1.82, 2.24) is 24.9 Å². The fourth-order valence-corrected chi connectivity index (χ4v) is 3.14. The van der Waals surface area contributed by atoms with Crippen molar-refractivity contribution in [2.24, 2.45) is 0 Å². The van der Waals surface area contributed by atoms with E-state index in [-0.39, 0.29) is 0 Å². The molecule has 3 aromatic rings. The topological polar surface area (TPSA) is 59.7 Å². The summed E-state index contributed by atoms with van der Waals surface area (Å²) >= 11 is 5.44. The Bertz CT molecular complexity index is 880. The van der Waals surface area contributed by atoms with Crippen molar-refractivity contribution < 1.29 is 0 Å². The van der Waals surface area contributed by atoms with Crippen LogP contribution in [0.5, 0.6) is 0 Å². The number of nitrogens with one attached hydrogen (secondary N) is 2. The predicted octanol–water partition coefficient (Wildman–Crippen LogP) is 3.43. The molecule has 1 aromatic carbocycles. The van der Waals surface area contributed by atoms with Crippen molar-refractivity contribution in [3.8, 4) is 0 Å². The van der Waals surface area contributed by atoms with E-state index in [9.17, 15) is 0 Å². The van der Waals surface area contributed by atoms with Crippen molar-refractivity contribution in [2.75, 3.05) is 11.9 Å². The molecule has 27 heavy (non-hydrogen) atoms. The molecule has 2 aromatic heterocycles. The minimum atomic E-state index is 0.622. The highest BCUT2D eigenvalue weighted by molar-refractivity contribution is 7.80. The average Bonchev–Trinajstić information content (AvgIpc) is 3.25. The molecule has 0 aliphatic heterocycles. The molecule has 0 aliphatic rings. The number of hydrogen-bond acceptors (Lipinski definition) is 3. The highest BCUT2D eigenvalue weighted by Crippen LogP contribution is 2.20. The highest BCUT2D eigenvalue weighted by Gasteiger charge is 2.13. The Morgan fingerprint density at radius 3 is 2.63 bits per heavy atom. The molecule has 0 bridgehead atoms. The third-order valence-electron chi connectivity index (χ3n) is 4.48. The zero-order valence-corrected chi connectivity index (χ0v) is 16.9. The fraction of sp³-hybridized carbons (Fsp3) is 0.350. The summed E-state index contributed by atoms with van der Waals surface area (Å²) < 4.78 is 3.93. The minimum absolute atomic E-state index is 0.622. The van der Waals surface area contributed by atoms with Gasteiger partial charge in [0.15, 0.2) is 5.11 Å². The van der Waals surface area contributed by atoms with Gasteiger partial charge in [-0.2, -0.15) is 10.2 Å². The van der Waals surface area contributed by atoms with Gasteiger partial charge in [-0.25, -0.2) is 0 Å². The van der Waals surface area contributed by atoms with Crippen LogP contribution in [0.2, 0.25) is 0 Å². The number of hydrogen-bond donors (Lipinski definition) is 2. The molecule has 3 rings (SSSR count). The number of anilines is 1. The van der Waals surface area contributed by atoms with E-state index in [2.05, 4.69) is 58.9 Å². The van der Waals surface area contributed by atoms with Crippen LogP contribution >= 0.6 is 12.2 Å². The number of aryl methyl sites for hydroxylation is 3. The fourth-order valence-electron chi connectivity index (χ4n) is 2.93. The quantitative estimate of drug-likeness (QED) is 0.484. The number of benzene rings is 1. The van der Waals surface area contributed by atoms with Crippen LogP contribution in [0.25, 0.3) is 0 Å². The Morgan fingerprint density at radius 1 is 1.15 bits per heavy atom. The SMILES string of the molecule is Cc1ccc(Cn2nc(C)c(NC(=S)NCCCn3cccn3)c2C)cc1. The predicted molar refractivity (Wildman–Crippen MR) is 113 cm³/mol. The molecule has 142 valence electrons. The van der Waals surface area contributed by atoms with E-state index in [0.717, 1.165) is 43.1 Å². The van der Waals surface area contributed by atoms with Crippen LogP contribution in [-0.4, -0.2) is 31.2 Å². The molecule has 0 spiro atoms. The van der Waals surface area contributed by atoms with Gasteiger partial charge in [-0.05, 0) is 51.0 Å². The lowest BCUT2D eigenvalue weighted by Crippen LogP contribution is -2.30. The molecule has 7 heteroatoms. The van der Waals surface area contributed by atoms with Gasteiger partial charge in [-0.3, -0.25) is 9.36 Å². The van der Waals surface area contributed by atoms with E-state index < -0.39 is 0 Å². The third-order valence-corrected chi connectivity index (χ3v) is 4.73. The van der Waals surface area contributed by atoms with Crippen LogP contribution in [0.1, 0.15) is 28.9 Å². The van der Waals surface area contributed by atoms with E-state index >= 15 is 0 Å². The van der Waals surface area contributed by atoms with Crippen LogP contribution in [-0.2, 0) is 13.1 Å². The lowest BCUT2D eigenvalue weighted by molar-refractivity contribution is 0.574. The molecule has 2 heterocycles. The van der Waals surface area contributed by atoms with Gasteiger partial charge in [-0.1, -0.05) is 29.8 Å². The molecule has 0 saturated heterocycles. The number of aromatic nitrogens is 4. The average molecular weight is 383 g/mol. The van der Waals surface area contributed by atoms with Crippen LogP contribution in [0.3, 0.4) is 0 Å². The Balaban J connectivity index is 1.54. The van der Waals surface area contributed by atoms with Crippen molar-refractivity contribution >= 4 is 23.0 Å². The summed E-state index contributed by atoms with van der Waals surface area (Å²) in [5, 5.41) is 16.0. The molecule has 0 radical (unpaired) electrons. The Morgan fingerprint density at radius 2 is 1.93 bits per heavy atom. The molecule has 0 amide bonds. The van der Waals surface area contributed by atoms with Crippen molar-refractivity contribution in [3.05, 3.63) is 65.2 Å². The second kappa shape index (κ2) is 8.81. The summed E-state index contributed by atoms with van der Waals surface area (Å²) in [7, 11) is 0. The van der Waals surface area contributed by atoms with Gasteiger partial charge in [0.1, 0.15) is 0 Å². The zero-order valence-electron chi connectivity index (χ0n) is 16.1. The summed E-state index contributed by atoms with van der Waals surface area (Å²) in [6.45, 7) is 8.57. The van der Waals surface area contributed by atoms with Crippen molar-refractivity contribution in [2.45, 2.75) is 40.3 Å². The first kappa shape index (κ1) is 19.1. The smallest absolute Gasteiger partial charge is 0.170 e. The number of nitrogens with zero attached hydrogens (tertiary/aromatic N) is 4. The maximum atomic E-state index is 5.44. The van der Waals surface area contributed by atoms with Crippen molar-refractivity contribution in [3.63, 3.8) is 0 Å². The van der Waals surface area contributed by atoms with Crippen LogP contribution in [0.4, 0.5) is 5.69 Å². The van der Waals surface area contributed by atoms with Gasteiger partial charge in [0.05, 0.1) is 23.6 Å². The molecule has 0 unspecified atom stereocenters. The van der Waals surface area contributed by atoms with Gasteiger partial charge in [0, 0.05) is 25.5 Å². The van der Waals surface area contributed by atoms with E-state index in [0.29, 0.717) is 5.11 Å². The van der Waals surface area contributed by atoms with E-state index in [1.54, 1.807) is 6.20 Å². The molecular formula is C20H26N6S. The maximum absolute atomic E-state index is 5.44. The lowest BCUT2D eigenvalue weighted by Gasteiger charge is -2.11. The van der Waals surface area contributed by atoms with Gasteiger partial charge < -0.3 is 10.6 Å². The molecular weight excluding hydrogens is 356 g/mol. The minimum Gasteiger partial charge on any atom is -0.362 e. The van der Waals surface area contributed by atoms with Crippen LogP contribution < -0.4 is 10.6 Å². The number of thiocarbonyl (C=S) groups is 1. The first-order chi connectivity index (χ1) is 13.0. The van der Waals surface area contributed by atoms with E-state index in [4.69, 9.17) is 12.2 Å². The van der Waals surface area contributed by atoms with Crippen LogP contribution in [0.15, 0.2) is 42.7 Å². The van der Waals surface area contributed by atoms with E-state index in [1.165, 1.54) is 11.1 Å². The first-order valence-corrected chi connectivity index (χ1v) is 9.55. The normalized spacial score (nSPS) is 10.8. The largest absolute Gasteiger partial charge is 0.362 e. The molecule has 0 fully saturated rings. The van der Waals surface area contributed by atoms with Crippen molar-refractivity contribution in [1.29, 1.82) is 0 Å². The summed E-state index contributed by atoms with van der Waals surface area (Å²) in [4.78, 5) is 0. The second-order valence-electron chi connectivity index (χ2n) is 6.69. The van der Waals surface area contributed by atoms with Gasteiger partial charge in [-0.15, -0.1) is 0 Å². The summed E-state index contributed by atoms with van der Waals surface area (Å²) in [5.74, 6) is 0. The highest BCUT2D eigenvalue weighted by atomic mass is 32.1. The first-order valence-electron chi connectivity index (χ1n) is 9.15. The van der Waals surface area contributed by atoms with Crippen LogP contribution in [0, 0.1) is 20.8 Å². The Labute approximate surface area is 165 Å². The van der Waals surface area contributed by atoms with Gasteiger partial charge in [0.2, 0.25) is 0 Å². The lowest BCUT2D eigenvalue weighted by atomic mass is 10.1. The summed E-state index contributed by atoms with van der Waals surface area (Å²) in [5.41, 5.74) is 5.50. The number of rotatable bonds is 7. The van der Waals surface area contributed by atoms with Gasteiger partial charge in [0.25, 0.3) is 0 Å². The Kier molecular flexibility index (Phi) is 6.24. The van der Waals surface area contributed by atoms with Gasteiger partial charge >= 0.3 is 0 Å². The van der Waals surface area contributed by atoms with E-state index in [1.807, 2.05) is 28.6 Å². The summed E-state index contributed by atoms with van der Waals surface area (Å²) in [6.07, 6.45) is 4.71. The summed E-state index contributed by atoms with van der Waals surface area (Å²) in [6, 6.07) is 10.5.